The van der Waals surface area contributed by atoms with Gasteiger partial charge in [0, 0.05) is 36.1 Å². The molecule has 0 aliphatic heterocycles. The Balaban J connectivity index is 1.82. The molecule has 5 heteroatoms. The van der Waals surface area contributed by atoms with Crippen molar-refractivity contribution in [1.82, 2.24) is 4.90 Å². The van der Waals surface area contributed by atoms with Crippen molar-refractivity contribution in [1.29, 1.82) is 0 Å². The number of hydrogen-bond donors (Lipinski definition) is 1. The molecule has 2 rings (SSSR count). The molecule has 1 aliphatic rings. The fourth-order valence-corrected chi connectivity index (χ4v) is 2.39. The average molecular weight is 325 g/mol. The topological polar surface area (TPSA) is 49.4 Å². The Morgan fingerprint density at radius 3 is 2.74 bits per heavy atom. The standard InChI is InChI=1S/C14H17BrN2O2/c1-10(18)17(13-5-6-13)8-7-14(19)16-12-4-2-3-11(15)9-12/h2-4,9,13H,5-8H2,1H3,(H,16,19). The second-order valence-electron chi connectivity index (χ2n) is 4.75. The fourth-order valence-electron chi connectivity index (χ4n) is 2.00. The minimum absolute atomic E-state index is 0.0535. The zero-order valence-corrected chi connectivity index (χ0v) is 12.4. The van der Waals surface area contributed by atoms with Crippen LogP contribution < -0.4 is 5.32 Å². The first-order valence-electron chi connectivity index (χ1n) is 6.39. The minimum Gasteiger partial charge on any atom is -0.339 e. The second kappa shape index (κ2) is 6.19. The van der Waals surface area contributed by atoms with Gasteiger partial charge in [-0.25, -0.2) is 0 Å². The highest BCUT2D eigenvalue weighted by Crippen LogP contribution is 2.27. The third kappa shape index (κ3) is 4.35. The summed E-state index contributed by atoms with van der Waals surface area (Å²) in [6, 6.07) is 7.82. The first-order chi connectivity index (χ1) is 9.06. The Labute approximate surface area is 121 Å². The number of anilines is 1. The molecule has 1 aromatic rings. The van der Waals surface area contributed by atoms with Gasteiger partial charge in [-0.2, -0.15) is 0 Å². The highest BCUT2D eigenvalue weighted by molar-refractivity contribution is 9.10. The van der Waals surface area contributed by atoms with Gasteiger partial charge in [0.05, 0.1) is 0 Å². The molecule has 1 N–H and O–H groups in total. The van der Waals surface area contributed by atoms with Crippen molar-refractivity contribution >= 4 is 33.4 Å². The molecular formula is C14H17BrN2O2. The highest BCUT2D eigenvalue weighted by Gasteiger charge is 2.30. The number of benzene rings is 1. The molecule has 1 fully saturated rings. The molecule has 0 heterocycles. The van der Waals surface area contributed by atoms with Crippen molar-refractivity contribution < 1.29 is 9.59 Å². The van der Waals surface area contributed by atoms with E-state index in [0.717, 1.165) is 23.0 Å². The van der Waals surface area contributed by atoms with Gasteiger partial charge in [-0.05, 0) is 31.0 Å². The summed E-state index contributed by atoms with van der Waals surface area (Å²) in [5.41, 5.74) is 0.764. The number of hydrogen-bond acceptors (Lipinski definition) is 2. The third-order valence-electron chi connectivity index (χ3n) is 3.08. The quantitative estimate of drug-likeness (QED) is 0.905. The van der Waals surface area contributed by atoms with Gasteiger partial charge in [0.25, 0.3) is 0 Å². The SMILES string of the molecule is CC(=O)N(CCC(=O)Nc1cccc(Br)c1)C1CC1. The molecule has 0 aromatic heterocycles. The van der Waals surface area contributed by atoms with Crippen LogP contribution in [0.25, 0.3) is 0 Å². The van der Waals surface area contributed by atoms with Gasteiger partial charge >= 0.3 is 0 Å². The van der Waals surface area contributed by atoms with E-state index >= 15 is 0 Å². The summed E-state index contributed by atoms with van der Waals surface area (Å²) in [5, 5.41) is 2.83. The Kier molecular flexibility index (Phi) is 4.58. The van der Waals surface area contributed by atoms with Gasteiger partial charge in [0.1, 0.15) is 0 Å². The van der Waals surface area contributed by atoms with Crippen molar-refractivity contribution in [2.75, 3.05) is 11.9 Å². The largest absolute Gasteiger partial charge is 0.339 e. The summed E-state index contributed by atoms with van der Waals surface area (Å²) < 4.78 is 0.925. The van der Waals surface area contributed by atoms with Crippen LogP contribution in [0.15, 0.2) is 28.7 Å². The molecule has 0 bridgehead atoms. The van der Waals surface area contributed by atoms with Crippen LogP contribution in [0.3, 0.4) is 0 Å². The maximum Gasteiger partial charge on any atom is 0.226 e. The van der Waals surface area contributed by atoms with Crippen LogP contribution in [0.1, 0.15) is 26.2 Å². The maximum absolute atomic E-state index is 11.8. The van der Waals surface area contributed by atoms with Crippen molar-refractivity contribution in [2.45, 2.75) is 32.2 Å². The van der Waals surface area contributed by atoms with Crippen LogP contribution in [-0.2, 0) is 9.59 Å². The molecule has 0 spiro atoms. The molecule has 0 unspecified atom stereocenters. The van der Waals surface area contributed by atoms with Crippen molar-refractivity contribution in [2.24, 2.45) is 0 Å². The summed E-state index contributed by atoms with van der Waals surface area (Å²) in [6.45, 7) is 2.06. The molecule has 19 heavy (non-hydrogen) atoms. The minimum atomic E-state index is -0.0648. The number of carbonyl (C=O) groups is 2. The normalized spacial score (nSPS) is 14.0. The molecule has 1 saturated carbocycles. The summed E-state index contributed by atoms with van der Waals surface area (Å²) in [6.07, 6.45) is 2.46. The monoisotopic (exact) mass is 324 g/mol. The van der Waals surface area contributed by atoms with E-state index in [1.165, 1.54) is 0 Å². The van der Waals surface area contributed by atoms with E-state index in [1.54, 1.807) is 11.8 Å². The number of amides is 2. The Morgan fingerprint density at radius 2 is 2.16 bits per heavy atom. The van der Waals surface area contributed by atoms with Crippen LogP contribution in [0.5, 0.6) is 0 Å². The van der Waals surface area contributed by atoms with Crippen LogP contribution in [0.2, 0.25) is 0 Å². The third-order valence-corrected chi connectivity index (χ3v) is 3.57. The molecular weight excluding hydrogens is 308 g/mol. The van der Waals surface area contributed by atoms with Crippen LogP contribution in [0.4, 0.5) is 5.69 Å². The summed E-state index contributed by atoms with van der Waals surface area (Å²) in [4.78, 5) is 25.1. The van der Waals surface area contributed by atoms with E-state index < -0.39 is 0 Å². The number of nitrogens with one attached hydrogen (secondary N) is 1. The van der Waals surface area contributed by atoms with Gasteiger partial charge in [-0.1, -0.05) is 22.0 Å². The lowest BCUT2D eigenvalue weighted by atomic mass is 10.3. The second-order valence-corrected chi connectivity index (χ2v) is 5.67. The molecule has 102 valence electrons. The molecule has 1 aliphatic carbocycles. The van der Waals surface area contributed by atoms with E-state index in [0.29, 0.717) is 19.0 Å². The lowest BCUT2D eigenvalue weighted by Crippen LogP contribution is -2.33. The van der Waals surface area contributed by atoms with Gasteiger partial charge in [0.15, 0.2) is 0 Å². The van der Waals surface area contributed by atoms with E-state index in [-0.39, 0.29) is 11.8 Å². The van der Waals surface area contributed by atoms with Crippen molar-refractivity contribution in [3.8, 4) is 0 Å². The molecule has 4 nitrogen and oxygen atoms in total. The number of nitrogens with zero attached hydrogens (tertiary/aromatic N) is 1. The molecule has 1 aromatic carbocycles. The predicted molar refractivity (Wildman–Crippen MR) is 77.8 cm³/mol. The Hall–Kier alpha value is -1.36. The first-order valence-corrected chi connectivity index (χ1v) is 7.18. The summed E-state index contributed by atoms with van der Waals surface area (Å²) in [7, 11) is 0. The van der Waals surface area contributed by atoms with E-state index in [9.17, 15) is 9.59 Å². The van der Waals surface area contributed by atoms with Crippen molar-refractivity contribution in [3.05, 3.63) is 28.7 Å². The smallest absolute Gasteiger partial charge is 0.226 e. The zero-order chi connectivity index (χ0) is 13.8. The highest BCUT2D eigenvalue weighted by atomic mass is 79.9. The van der Waals surface area contributed by atoms with E-state index in [4.69, 9.17) is 0 Å². The maximum atomic E-state index is 11.8. The van der Waals surface area contributed by atoms with Crippen LogP contribution >= 0.6 is 15.9 Å². The lowest BCUT2D eigenvalue weighted by Gasteiger charge is -2.20. The lowest BCUT2D eigenvalue weighted by molar-refractivity contribution is -0.129. The first kappa shape index (κ1) is 14.1. The fraction of sp³-hybridized carbons (Fsp3) is 0.429. The summed E-state index contributed by atoms with van der Waals surface area (Å²) in [5.74, 6) is -0.0113. The van der Waals surface area contributed by atoms with Crippen molar-refractivity contribution in [3.63, 3.8) is 0 Å². The number of halogens is 1. The Morgan fingerprint density at radius 1 is 1.42 bits per heavy atom. The molecule has 0 saturated heterocycles. The Bertz CT molecular complexity index is 486. The predicted octanol–water partition coefficient (Wildman–Crippen LogP) is 2.79. The van der Waals surface area contributed by atoms with Gasteiger partial charge in [0.2, 0.25) is 11.8 Å². The molecule has 2 amide bonds. The summed E-state index contributed by atoms with van der Waals surface area (Å²) >= 11 is 3.36. The van der Waals surface area contributed by atoms with Gasteiger partial charge < -0.3 is 10.2 Å². The number of rotatable bonds is 5. The van der Waals surface area contributed by atoms with Gasteiger partial charge in [-0.3, -0.25) is 9.59 Å². The molecule has 0 atom stereocenters. The van der Waals surface area contributed by atoms with E-state index in [1.807, 2.05) is 24.3 Å². The average Bonchev–Trinajstić information content (AvgIpc) is 3.13. The number of carbonyl (C=O) groups excluding carboxylic acids is 2. The van der Waals surface area contributed by atoms with Crippen LogP contribution in [0, 0.1) is 0 Å². The van der Waals surface area contributed by atoms with E-state index in [2.05, 4.69) is 21.2 Å². The van der Waals surface area contributed by atoms with Crippen LogP contribution in [-0.4, -0.2) is 29.3 Å². The molecule has 0 radical (unpaired) electrons. The zero-order valence-electron chi connectivity index (χ0n) is 10.9. The van der Waals surface area contributed by atoms with Gasteiger partial charge in [-0.15, -0.1) is 0 Å².